The Morgan fingerprint density at radius 2 is 1.86 bits per heavy atom. The molecule has 0 aromatic carbocycles. The van der Waals surface area contributed by atoms with E-state index in [-0.39, 0.29) is 17.9 Å². The van der Waals surface area contributed by atoms with Crippen molar-refractivity contribution in [3.8, 4) is 0 Å². The SMILES string of the molecule is C=C(C(=O)OC1CCC2CC1N(C(C)(C)C)C2=O)C(F)(F)F. The van der Waals surface area contributed by atoms with E-state index < -0.39 is 29.4 Å². The number of ether oxygens (including phenoxy) is 1. The third-order valence-corrected chi connectivity index (χ3v) is 4.24. The van der Waals surface area contributed by atoms with Gasteiger partial charge in [0.1, 0.15) is 11.7 Å². The predicted octanol–water partition coefficient (Wildman–Crippen LogP) is 2.83. The first-order valence-electron chi connectivity index (χ1n) is 7.23. The molecule has 2 rings (SSSR count). The number of esters is 1. The van der Waals surface area contributed by atoms with Crippen LogP contribution in [0.1, 0.15) is 40.0 Å². The molecule has 4 nitrogen and oxygen atoms in total. The number of carbonyl (C=O) groups is 2. The van der Waals surface area contributed by atoms with E-state index in [1.54, 1.807) is 4.90 Å². The molecule has 0 aromatic heterocycles. The van der Waals surface area contributed by atoms with Gasteiger partial charge in [0.25, 0.3) is 0 Å². The van der Waals surface area contributed by atoms with Crippen LogP contribution in [-0.2, 0) is 14.3 Å². The van der Waals surface area contributed by atoms with Crippen LogP contribution in [-0.4, -0.2) is 40.6 Å². The molecule has 124 valence electrons. The van der Waals surface area contributed by atoms with Gasteiger partial charge in [-0.3, -0.25) is 4.79 Å². The van der Waals surface area contributed by atoms with E-state index in [0.29, 0.717) is 19.3 Å². The minimum absolute atomic E-state index is 0.00861. The fraction of sp³-hybridized carbons (Fsp3) is 0.733. The molecular weight excluding hydrogens is 299 g/mol. The molecule has 0 radical (unpaired) electrons. The van der Waals surface area contributed by atoms with Crippen molar-refractivity contribution in [3.63, 3.8) is 0 Å². The Hall–Kier alpha value is -1.53. The van der Waals surface area contributed by atoms with Crippen molar-refractivity contribution in [2.45, 2.75) is 63.9 Å². The summed E-state index contributed by atoms with van der Waals surface area (Å²) in [6, 6.07) is -0.365. The van der Waals surface area contributed by atoms with Crippen molar-refractivity contribution >= 4 is 11.9 Å². The van der Waals surface area contributed by atoms with E-state index >= 15 is 0 Å². The second kappa shape index (κ2) is 5.28. The van der Waals surface area contributed by atoms with Crippen LogP contribution in [0.5, 0.6) is 0 Å². The van der Waals surface area contributed by atoms with E-state index in [0.717, 1.165) is 0 Å². The lowest BCUT2D eigenvalue weighted by molar-refractivity contribution is -0.161. The first-order valence-corrected chi connectivity index (χ1v) is 7.23. The van der Waals surface area contributed by atoms with Gasteiger partial charge >= 0.3 is 12.1 Å². The Balaban J connectivity index is 2.15. The molecule has 0 aromatic rings. The number of nitrogens with zero attached hydrogens (tertiary/aromatic N) is 1. The van der Waals surface area contributed by atoms with Gasteiger partial charge in [-0.1, -0.05) is 6.58 Å². The summed E-state index contributed by atoms with van der Waals surface area (Å²) in [7, 11) is 0. The second-order valence-corrected chi connectivity index (χ2v) is 6.88. The Morgan fingerprint density at radius 3 is 2.36 bits per heavy atom. The fourth-order valence-corrected chi connectivity index (χ4v) is 3.26. The summed E-state index contributed by atoms with van der Waals surface area (Å²) < 4.78 is 42.5. The maximum absolute atomic E-state index is 12.5. The van der Waals surface area contributed by atoms with Gasteiger partial charge in [-0.05, 0) is 40.0 Å². The molecule has 7 heteroatoms. The largest absolute Gasteiger partial charge is 0.457 e. The summed E-state index contributed by atoms with van der Waals surface area (Å²) in [6.45, 7) is 8.34. The van der Waals surface area contributed by atoms with Gasteiger partial charge < -0.3 is 9.64 Å². The van der Waals surface area contributed by atoms with Crippen LogP contribution in [0.4, 0.5) is 13.2 Å². The summed E-state index contributed by atoms with van der Waals surface area (Å²) >= 11 is 0. The average molecular weight is 319 g/mol. The van der Waals surface area contributed by atoms with Gasteiger partial charge in [0.05, 0.1) is 6.04 Å². The fourth-order valence-electron chi connectivity index (χ4n) is 3.26. The number of carbonyl (C=O) groups excluding carboxylic acids is 2. The van der Waals surface area contributed by atoms with Crippen LogP contribution < -0.4 is 0 Å². The van der Waals surface area contributed by atoms with Crippen molar-refractivity contribution in [1.82, 2.24) is 4.90 Å². The van der Waals surface area contributed by atoms with Crippen LogP contribution >= 0.6 is 0 Å². The Bertz CT molecular complexity index is 507. The van der Waals surface area contributed by atoms with Gasteiger partial charge in [0.2, 0.25) is 5.91 Å². The molecule has 1 amide bonds. The van der Waals surface area contributed by atoms with Gasteiger partial charge in [0, 0.05) is 11.5 Å². The third-order valence-electron chi connectivity index (χ3n) is 4.24. The molecule has 2 bridgehead atoms. The lowest BCUT2D eigenvalue weighted by atomic mass is 9.87. The first kappa shape index (κ1) is 16.8. The van der Waals surface area contributed by atoms with Crippen LogP contribution in [0.2, 0.25) is 0 Å². The van der Waals surface area contributed by atoms with Gasteiger partial charge in [0.15, 0.2) is 0 Å². The maximum atomic E-state index is 12.5. The molecule has 0 spiro atoms. The monoisotopic (exact) mass is 319 g/mol. The normalized spacial score (nSPS) is 28.7. The number of likely N-dealkylation sites (tertiary alicyclic amines) is 1. The molecule has 1 aliphatic heterocycles. The summed E-state index contributed by atoms with van der Waals surface area (Å²) in [4.78, 5) is 25.6. The highest BCUT2D eigenvalue weighted by atomic mass is 19.4. The minimum Gasteiger partial charge on any atom is -0.457 e. The summed E-state index contributed by atoms with van der Waals surface area (Å²) in [5.74, 6) is -1.58. The maximum Gasteiger partial charge on any atom is 0.422 e. The lowest BCUT2D eigenvalue weighted by Gasteiger charge is -2.40. The Kier molecular flexibility index (Phi) is 4.04. The van der Waals surface area contributed by atoms with E-state index in [9.17, 15) is 22.8 Å². The first-order chi connectivity index (χ1) is 9.93. The Morgan fingerprint density at radius 1 is 1.27 bits per heavy atom. The third kappa shape index (κ3) is 2.98. The molecule has 1 saturated heterocycles. The van der Waals surface area contributed by atoms with E-state index in [2.05, 4.69) is 6.58 Å². The molecule has 0 N–H and O–H groups in total. The smallest absolute Gasteiger partial charge is 0.422 e. The zero-order chi connectivity index (χ0) is 16.9. The molecule has 3 unspecified atom stereocenters. The predicted molar refractivity (Wildman–Crippen MR) is 72.8 cm³/mol. The number of halogens is 3. The van der Waals surface area contributed by atoms with Crippen molar-refractivity contribution in [1.29, 1.82) is 0 Å². The van der Waals surface area contributed by atoms with Gasteiger partial charge in [-0.2, -0.15) is 13.2 Å². The molecule has 1 saturated carbocycles. The molecular formula is C15H20F3NO3. The molecule has 3 atom stereocenters. The van der Waals surface area contributed by atoms with Crippen LogP contribution in [0, 0.1) is 5.92 Å². The second-order valence-electron chi connectivity index (χ2n) is 6.88. The highest BCUT2D eigenvalue weighted by molar-refractivity contribution is 5.89. The number of alkyl halides is 3. The zero-order valence-electron chi connectivity index (χ0n) is 12.9. The highest BCUT2D eigenvalue weighted by Gasteiger charge is 2.52. The van der Waals surface area contributed by atoms with Crippen molar-refractivity contribution in [2.24, 2.45) is 5.92 Å². The topological polar surface area (TPSA) is 46.6 Å². The lowest BCUT2D eigenvalue weighted by Crippen LogP contribution is -2.52. The number of rotatable bonds is 2. The molecule has 2 fully saturated rings. The Labute approximate surface area is 127 Å². The number of amides is 1. The molecule has 2 aliphatic rings. The average Bonchev–Trinajstić information content (AvgIpc) is 2.63. The van der Waals surface area contributed by atoms with Crippen molar-refractivity contribution in [3.05, 3.63) is 12.2 Å². The van der Waals surface area contributed by atoms with Crippen molar-refractivity contribution in [2.75, 3.05) is 0 Å². The zero-order valence-corrected chi connectivity index (χ0v) is 12.9. The summed E-state index contributed by atoms with van der Waals surface area (Å²) in [6.07, 6.45) is -4.08. The van der Waals surface area contributed by atoms with Crippen LogP contribution in [0.3, 0.4) is 0 Å². The summed E-state index contributed by atoms with van der Waals surface area (Å²) in [5, 5.41) is 0. The number of hydrogen-bond donors (Lipinski definition) is 0. The standard InChI is InChI=1S/C15H20F3NO3/c1-8(15(16,17)18)13(21)22-11-6-5-9-7-10(11)19(12(9)20)14(2,3)4/h9-11H,1,5-7H2,2-4H3. The van der Waals surface area contributed by atoms with E-state index in [4.69, 9.17) is 4.74 Å². The van der Waals surface area contributed by atoms with Gasteiger partial charge in [-0.15, -0.1) is 0 Å². The minimum atomic E-state index is -4.80. The summed E-state index contributed by atoms with van der Waals surface area (Å²) in [5.41, 5.74) is -1.98. The number of fused-ring (bicyclic) bond motifs is 2. The molecule has 1 heterocycles. The molecule has 22 heavy (non-hydrogen) atoms. The van der Waals surface area contributed by atoms with Crippen LogP contribution in [0.15, 0.2) is 12.2 Å². The van der Waals surface area contributed by atoms with Gasteiger partial charge in [-0.25, -0.2) is 4.79 Å². The quantitative estimate of drug-likeness (QED) is 0.581. The highest BCUT2D eigenvalue weighted by Crippen LogP contribution is 2.42. The molecule has 1 aliphatic carbocycles. The number of hydrogen-bond acceptors (Lipinski definition) is 3. The van der Waals surface area contributed by atoms with Crippen LogP contribution in [0.25, 0.3) is 0 Å². The van der Waals surface area contributed by atoms with E-state index in [1.807, 2.05) is 20.8 Å². The van der Waals surface area contributed by atoms with E-state index in [1.165, 1.54) is 0 Å². The van der Waals surface area contributed by atoms with Crippen molar-refractivity contribution < 1.29 is 27.5 Å².